The summed E-state index contributed by atoms with van der Waals surface area (Å²) < 4.78 is 14.6. The van der Waals surface area contributed by atoms with Gasteiger partial charge in [0, 0.05) is 46.7 Å². The Balaban J connectivity index is 1.31. The van der Waals surface area contributed by atoms with Gasteiger partial charge in [0.1, 0.15) is 17.0 Å². The molecule has 0 aliphatic carbocycles. The van der Waals surface area contributed by atoms with Gasteiger partial charge in [-0.2, -0.15) is 0 Å². The van der Waals surface area contributed by atoms with Gasteiger partial charge in [-0.25, -0.2) is 14.4 Å². The Morgan fingerprint density at radius 1 is 1.12 bits per heavy atom. The quantitative estimate of drug-likeness (QED) is 0.357. The lowest BCUT2D eigenvalue weighted by Crippen LogP contribution is -2.42. The second kappa shape index (κ2) is 9.13. The Morgan fingerprint density at radius 2 is 1.91 bits per heavy atom. The standard InChI is InChI=1S/C24H22BrFN4OS/c25-17-6-4-15(5-7-17)19-13-32-24-21(19)23(28-14-29-24)30-10-8-18(9-11-30)27-12-16-2-1-3-20(26)22(16)31/h1-7,13-14,18,27,31H,8-12H2. The average Bonchev–Trinajstić information content (AvgIpc) is 3.25. The van der Waals surface area contributed by atoms with Gasteiger partial charge in [0.25, 0.3) is 0 Å². The lowest BCUT2D eigenvalue weighted by Gasteiger charge is -2.33. The molecule has 0 atom stereocenters. The van der Waals surface area contributed by atoms with E-state index in [9.17, 15) is 9.50 Å². The highest BCUT2D eigenvalue weighted by molar-refractivity contribution is 9.10. The minimum Gasteiger partial charge on any atom is -0.505 e. The first-order valence-electron chi connectivity index (χ1n) is 10.5. The number of para-hydroxylation sites is 1. The van der Waals surface area contributed by atoms with Crippen LogP contribution in [0, 0.1) is 5.82 Å². The van der Waals surface area contributed by atoms with Crippen LogP contribution in [-0.4, -0.2) is 34.2 Å². The lowest BCUT2D eigenvalue weighted by molar-refractivity contribution is 0.396. The van der Waals surface area contributed by atoms with Crippen LogP contribution in [0.1, 0.15) is 18.4 Å². The molecule has 164 valence electrons. The Morgan fingerprint density at radius 3 is 2.69 bits per heavy atom. The van der Waals surface area contributed by atoms with Crippen molar-refractivity contribution in [2.24, 2.45) is 0 Å². The van der Waals surface area contributed by atoms with Gasteiger partial charge < -0.3 is 15.3 Å². The normalized spacial score (nSPS) is 14.9. The van der Waals surface area contributed by atoms with Gasteiger partial charge in [-0.3, -0.25) is 0 Å². The Kier molecular flexibility index (Phi) is 6.08. The number of rotatable bonds is 5. The predicted octanol–water partition coefficient (Wildman–Crippen LogP) is 5.72. The number of nitrogens with zero attached hydrogens (tertiary/aromatic N) is 3. The van der Waals surface area contributed by atoms with Crippen molar-refractivity contribution >= 4 is 43.3 Å². The molecule has 1 aliphatic heterocycles. The molecular formula is C24H22BrFN4OS. The van der Waals surface area contributed by atoms with Crippen molar-refractivity contribution in [3.8, 4) is 16.9 Å². The van der Waals surface area contributed by atoms with Gasteiger partial charge in [-0.15, -0.1) is 11.3 Å². The van der Waals surface area contributed by atoms with E-state index in [1.165, 1.54) is 6.07 Å². The molecule has 2 aromatic carbocycles. The van der Waals surface area contributed by atoms with Gasteiger partial charge in [-0.1, -0.05) is 40.2 Å². The lowest BCUT2D eigenvalue weighted by atomic mass is 10.0. The molecule has 3 heterocycles. The third-order valence-electron chi connectivity index (χ3n) is 5.95. The van der Waals surface area contributed by atoms with Gasteiger partial charge in [-0.05, 0) is 36.6 Å². The number of anilines is 1. The van der Waals surface area contributed by atoms with Crippen LogP contribution >= 0.6 is 27.3 Å². The number of fused-ring (bicyclic) bond motifs is 1. The molecule has 32 heavy (non-hydrogen) atoms. The highest BCUT2D eigenvalue weighted by atomic mass is 79.9. The van der Waals surface area contributed by atoms with Gasteiger partial charge in [0.05, 0.1) is 5.39 Å². The zero-order valence-corrected chi connectivity index (χ0v) is 19.7. The van der Waals surface area contributed by atoms with Gasteiger partial charge in [0.2, 0.25) is 0 Å². The van der Waals surface area contributed by atoms with Crippen molar-refractivity contribution in [3.05, 3.63) is 70.0 Å². The molecule has 0 unspecified atom stereocenters. The number of hydrogen-bond donors (Lipinski definition) is 2. The number of nitrogens with one attached hydrogen (secondary N) is 1. The molecule has 0 bridgehead atoms. The molecule has 4 aromatic rings. The first kappa shape index (κ1) is 21.3. The number of aromatic hydroxyl groups is 1. The number of halogens is 2. The second-order valence-corrected chi connectivity index (χ2v) is 9.70. The van der Waals surface area contributed by atoms with Crippen molar-refractivity contribution in [3.63, 3.8) is 0 Å². The summed E-state index contributed by atoms with van der Waals surface area (Å²) in [6.45, 7) is 2.19. The fourth-order valence-electron chi connectivity index (χ4n) is 4.19. The van der Waals surface area contributed by atoms with E-state index in [0.717, 1.165) is 57.6 Å². The van der Waals surface area contributed by atoms with Crippen LogP contribution in [0.15, 0.2) is 58.6 Å². The minimum absolute atomic E-state index is 0.265. The fraction of sp³-hybridized carbons (Fsp3) is 0.250. The van der Waals surface area contributed by atoms with E-state index in [2.05, 4.69) is 65.8 Å². The molecule has 1 aliphatic rings. The summed E-state index contributed by atoms with van der Waals surface area (Å²) in [7, 11) is 0. The van der Waals surface area contributed by atoms with Crippen LogP contribution in [0.3, 0.4) is 0 Å². The molecule has 2 N–H and O–H groups in total. The summed E-state index contributed by atoms with van der Waals surface area (Å²) in [5.74, 6) is 0.137. The third kappa shape index (κ3) is 4.22. The summed E-state index contributed by atoms with van der Waals surface area (Å²) in [6.07, 6.45) is 3.54. The maximum Gasteiger partial charge on any atom is 0.165 e. The van der Waals surface area contributed by atoms with E-state index >= 15 is 0 Å². The largest absolute Gasteiger partial charge is 0.505 e. The van der Waals surface area contributed by atoms with Crippen LogP contribution in [0.25, 0.3) is 21.3 Å². The van der Waals surface area contributed by atoms with Crippen molar-refractivity contribution in [1.82, 2.24) is 15.3 Å². The first-order valence-corrected chi connectivity index (χ1v) is 12.2. The number of hydrogen-bond acceptors (Lipinski definition) is 6. The van der Waals surface area contributed by atoms with Crippen molar-refractivity contribution in [1.29, 1.82) is 0 Å². The minimum atomic E-state index is -0.579. The highest BCUT2D eigenvalue weighted by Crippen LogP contribution is 2.38. The maximum absolute atomic E-state index is 13.6. The Labute approximate surface area is 198 Å². The number of thiophene rings is 1. The predicted molar refractivity (Wildman–Crippen MR) is 131 cm³/mol. The molecule has 0 spiro atoms. The number of piperidine rings is 1. The van der Waals surface area contributed by atoms with Crippen molar-refractivity contribution in [2.75, 3.05) is 18.0 Å². The van der Waals surface area contributed by atoms with E-state index in [-0.39, 0.29) is 5.75 Å². The summed E-state index contributed by atoms with van der Waals surface area (Å²) >= 11 is 5.15. The van der Waals surface area contributed by atoms with Crippen LogP contribution in [0.5, 0.6) is 5.75 Å². The van der Waals surface area contributed by atoms with E-state index in [0.29, 0.717) is 18.2 Å². The summed E-state index contributed by atoms with van der Waals surface area (Å²) in [6, 6.07) is 13.3. The first-order chi connectivity index (χ1) is 15.6. The number of aromatic nitrogens is 2. The molecule has 5 rings (SSSR count). The van der Waals surface area contributed by atoms with Crippen molar-refractivity contribution < 1.29 is 9.50 Å². The van der Waals surface area contributed by atoms with E-state index in [1.54, 1.807) is 29.8 Å². The molecule has 2 aromatic heterocycles. The molecule has 0 saturated carbocycles. The van der Waals surface area contributed by atoms with E-state index in [1.807, 2.05) is 0 Å². The van der Waals surface area contributed by atoms with E-state index < -0.39 is 5.82 Å². The highest BCUT2D eigenvalue weighted by Gasteiger charge is 2.24. The molecule has 0 amide bonds. The average molecular weight is 513 g/mol. The molecular weight excluding hydrogens is 491 g/mol. The topological polar surface area (TPSA) is 61.3 Å². The molecule has 1 fully saturated rings. The van der Waals surface area contributed by atoms with Crippen molar-refractivity contribution in [2.45, 2.75) is 25.4 Å². The molecule has 8 heteroatoms. The second-order valence-electron chi connectivity index (χ2n) is 7.92. The zero-order chi connectivity index (χ0) is 22.1. The Bertz CT molecular complexity index is 1240. The summed E-state index contributed by atoms with van der Waals surface area (Å²) in [5, 5.41) is 16.6. The van der Waals surface area contributed by atoms with Gasteiger partial charge in [0.15, 0.2) is 11.6 Å². The van der Waals surface area contributed by atoms with Crippen LogP contribution in [0.2, 0.25) is 0 Å². The zero-order valence-electron chi connectivity index (χ0n) is 17.3. The van der Waals surface area contributed by atoms with Crippen LogP contribution < -0.4 is 10.2 Å². The number of benzene rings is 2. The fourth-order valence-corrected chi connectivity index (χ4v) is 5.37. The number of phenols is 1. The van der Waals surface area contributed by atoms with Gasteiger partial charge >= 0.3 is 0 Å². The Hall–Kier alpha value is -2.55. The van der Waals surface area contributed by atoms with Crippen LogP contribution in [-0.2, 0) is 6.54 Å². The SMILES string of the molecule is Oc1c(F)cccc1CNC1CCN(c2ncnc3scc(-c4ccc(Br)cc4)c23)CC1. The monoisotopic (exact) mass is 512 g/mol. The summed E-state index contributed by atoms with van der Waals surface area (Å²) in [5.41, 5.74) is 2.90. The smallest absolute Gasteiger partial charge is 0.165 e. The third-order valence-corrected chi connectivity index (χ3v) is 7.37. The van der Waals surface area contributed by atoms with E-state index in [4.69, 9.17) is 0 Å². The number of phenolic OH excluding ortho intramolecular Hbond substituents is 1. The molecule has 5 nitrogen and oxygen atoms in total. The molecule has 0 radical (unpaired) electrons. The van der Waals surface area contributed by atoms with Crippen LogP contribution in [0.4, 0.5) is 10.2 Å². The maximum atomic E-state index is 13.6. The summed E-state index contributed by atoms with van der Waals surface area (Å²) in [4.78, 5) is 12.5. The molecule has 1 saturated heterocycles.